The summed E-state index contributed by atoms with van der Waals surface area (Å²) in [5.41, 5.74) is 2.44. The first kappa shape index (κ1) is 10.6. The third kappa shape index (κ3) is 2.55. The van der Waals surface area contributed by atoms with Gasteiger partial charge in [0.05, 0.1) is 18.9 Å². The molecule has 0 amide bonds. The van der Waals surface area contributed by atoms with Crippen LogP contribution < -0.4 is 0 Å². The zero-order valence-corrected chi connectivity index (χ0v) is 9.44. The van der Waals surface area contributed by atoms with Gasteiger partial charge in [-0.2, -0.15) is 0 Å². The number of hydrogen-bond donors (Lipinski definition) is 0. The molecule has 0 aromatic carbocycles. The molecule has 0 saturated carbocycles. The van der Waals surface area contributed by atoms with Gasteiger partial charge in [0.2, 0.25) is 0 Å². The maximum atomic E-state index is 5.35. The Labute approximate surface area is 91.1 Å². The van der Waals surface area contributed by atoms with E-state index in [2.05, 4.69) is 29.8 Å². The molecule has 3 nitrogen and oxygen atoms in total. The van der Waals surface area contributed by atoms with E-state index < -0.39 is 0 Å². The molecule has 1 aliphatic heterocycles. The summed E-state index contributed by atoms with van der Waals surface area (Å²) in [6.07, 6.45) is 1.89. The van der Waals surface area contributed by atoms with Crippen LogP contribution in [0.4, 0.5) is 0 Å². The molecule has 1 aliphatic rings. The van der Waals surface area contributed by atoms with E-state index in [1.807, 2.05) is 12.3 Å². The Bertz CT molecular complexity index is 321. The minimum Gasteiger partial charge on any atom is -0.379 e. The molecule has 0 aliphatic carbocycles. The molecular weight excluding hydrogens is 188 g/mol. The quantitative estimate of drug-likeness (QED) is 0.737. The molecular formula is C12H18N2O. The van der Waals surface area contributed by atoms with E-state index in [4.69, 9.17) is 4.74 Å². The minimum absolute atomic E-state index is 0.397. The highest BCUT2D eigenvalue weighted by atomic mass is 16.5. The van der Waals surface area contributed by atoms with E-state index >= 15 is 0 Å². The SMILES string of the molecule is Cc1ccnc(C(C)N2CCOCC2)c1. The Morgan fingerprint density at radius 2 is 2.13 bits per heavy atom. The van der Waals surface area contributed by atoms with Crippen molar-refractivity contribution in [1.82, 2.24) is 9.88 Å². The summed E-state index contributed by atoms with van der Waals surface area (Å²) < 4.78 is 5.35. The Hall–Kier alpha value is -0.930. The van der Waals surface area contributed by atoms with Crippen molar-refractivity contribution in [2.45, 2.75) is 19.9 Å². The molecule has 1 aromatic rings. The highest BCUT2D eigenvalue weighted by molar-refractivity contribution is 5.16. The monoisotopic (exact) mass is 206 g/mol. The zero-order chi connectivity index (χ0) is 10.7. The van der Waals surface area contributed by atoms with Gasteiger partial charge in [-0.25, -0.2) is 0 Å². The highest BCUT2D eigenvalue weighted by Gasteiger charge is 2.19. The van der Waals surface area contributed by atoms with Crippen molar-refractivity contribution < 1.29 is 4.74 Å². The number of aryl methyl sites for hydroxylation is 1. The van der Waals surface area contributed by atoms with Crippen LogP contribution in [-0.2, 0) is 4.74 Å². The van der Waals surface area contributed by atoms with Gasteiger partial charge in [-0.1, -0.05) is 0 Å². The van der Waals surface area contributed by atoms with Crippen molar-refractivity contribution in [3.63, 3.8) is 0 Å². The summed E-state index contributed by atoms with van der Waals surface area (Å²) in [7, 11) is 0. The number of morpholine rings is 1. The smallest absolute Gasteiger partial charge is 0.0594 e. The van der Waals surface area contributed by atoms with Crippen LogP contribution in [0.3, 0.4) is 0 Å². The van der Waals surface area contributed by atoms with Crippen LogP contribution in [0.25, 0.3) is 0 Å². The summed E-state index contributed by atoms with van der Waals surface area (Å²) >= 11 is 0. The second kappa shape index (κ2) is 4.73. The first-order valence-corrected chi connectivity index (χ1v) is 5.52. The second-order valence-electron chi connectivity index (χ2n) is 4.08. The van der Waals surface area contributed by atoms with Crippen LogP contribution >= 0.6 is 0 Å². The Morgan fingerprint density at radius 1 is 1.40 bits per heavy atom. The molecule has 0 spiro atoms. The molecule has 1 aromatic heterocycles. The molecule has 1 saturated heterocycles. The topological polar surface area (TPSA) is 25.4 Å². The predicted molar refractivity (Wildman–Crippen MR) is 59.8 cm³/mol. The average Bonchev–Trinajstić information content (AvgIpc) is 2.29. The van der Waals surface area contributed by atoms with Gasteiger partial charge < -0.3 is 4.74 Å². The fraction of sp³-hybridized carbons (Fsp3) is 0.583. The number of aromatic nitrogens is 1. The lowest BCUT2D eigenvalue weighted by Crippen LogP contribution is -2.38. The van der Waals surface area contributed by atoms with E-state index in [-0.39, 0.29) is 0 Å². The van der Waals surface area contributed by atoms with Gasteiger partial charge in [0.15, 0.2) is 0 Å². The molecule has 3 heteroatoms. The van der Waals surface area contributed by atoms with Gasteiger partial charge in [-0.05, 0) is 31.5 Å². The maximum absolute atomic E-state index is 5.35. The third-order valence-electron chi connectivity index (χ3n) is 2.96. The fourth-order valence-electron chi connectivity index (χ4n) is 1.94. The van der Waals surface area contributed by atoms with Gasteiger partial charge in [0.1, 0.15) is 0 Å². The van der Waals surface area contributed by atoms with Crippen LogP contribution in [0.15, 0.2) is 18.3 Å². The Morgan fingerprint density at radius 3 is 2.80 bits per heavy atom. The molecule has 82 valence electrons. The summed E-state index contributed by atoms with van der Waals surface area (Å²) in [4.78, 5) is 6.85. The molecule has 1 fully saturated rings. The van der Waals surface area contributed by atoms with E-state index in [1.165, 1.54) is 5.56 Å². The van der Waals surface area contributed by atoms with Crippen molar-refractivity contribution >= 4 is 0 Å². The number of rotatable bonds is 2. The molecule has 0 radical (unpaired) electrons. The minimum atomic E-state index is 0.397. The lowest BCUT2D eigenvalue weighted by atomic mass is 10.1. The van der Waals surface area contributed by atoms with Crippen LogP contribution in [0.5, 0.6) is 0 Å². The van der Waals surface area contributed by atoms with Crippen LogP contribution in [0.1, 0.15) is 24.2 Å². The molecule has 0 N–H and O–H groups in total. The first-order valence-electron chi connectivity index (χ1n) is 5.52. The molecule has 0 bridgehead atoms. The third-order valence-corrected chi connectivity index (χ3v) is 2.96. The summed E-state index contributed by atoms with van der Waals surface area (Å²) in [6, 6.07) is 4.60. The van der Waals surface area contributed by atoms with Crippen molar-refractivity contribution in [3.05, 3.63) is 29.6 Å². The van der Waals surface area contributed by atoms with E-state index in [9.17, 15) is 0 Å². The van der Waals surface area contributed by atoms with Crippen molar-refractivity contribution in [2.75, 3.05) is 26.3 Å². The fourth-order valence-corrected chi connectivity index (χ4v) is 1.94. The molecule has 1 atom stereocenters. The summed E-state index contributed by atoms with van der Waals surface area (Å²) in [6.45, 7) is 8.03. The van der Waals surface area contributed by atoms with Gasteiger partial charge in [0.25, 0.3) is 0 Å². The standard InChI is InChI=1S/C12H18N2O/c1-10-3-4-13-12(9-10)11(2)14-5-7-15-8-6-14/h3-4,9,11H,5-8H2,1-2H3. The largest absolute Gasteiger partial charge is 0.379 e. The van der Waals surface area contributed by atoms with Gasteiger partial charge in [-0.3, -0.25) is 9.88 Å². The highest BCUT2D eigenvalue weighted by Crippen LogP contribution is 2.19. The summed E-state index contributed by atoms with van der Waals surface area (Å²) in [5.74, 6) is 0. The lowest BCUT2D eigenvalue weighted by molar-refractivity contribution is 0.0190. The van der Waals surface area contributed by atoms with Crippen molar-refractivity contribution in [3.8, 4) is 0 Å². The van der Waals surface area contributed by atoms with Gasteiger partial charge >= 0.3 is 0 Å². The summed E-state index contributed by atoms with van der Waals surface area (Å²) in [5, 5.41) is 0. The number of nitrogens with zero attached hydrogens (tertiary/aromatic N) is 2. The van der Waals surface area contributed by atoms with Gasteiger partial charge in [-0.15, -0.1) is 0 Å². The van der Waals surface area contributed by atoms with Crippen LogP contribution in [0, 0.1) is 6.92 Å². The maximum Gasteiger partial charge on any atom is 0.0594 e. The molecule has 2 heterocycles. The lowest BCUT2D eigenvalue weighted by Gasteiger charge is -2.31. The number of ether oxygens (including phenoxy) is 1. The molecule has 1 unspecified atom stereocenters. The zero-order valence-electron chi connectivity index (χ0n) is 9.44. The van der Waals surface area contributed by atoms with Crippen LogP contribution in [0.2, 0.25) is 0 Å². The Kier molecular flexibility index (Phi) is 3.34. The van der Waals surface area contributed by atoms with E-state index in [1.54, 1.807) is 0 Å². The van der Waals surface area contributed by atoms with Crippen LogP contribution in [-0.4, -0.2) is 36.2 Å². The number of hydrogen-bond acceptors (Lipinski definition) is 3. The van der Waals surface area contributed by atoms with E-state index in [0.29, 0.717) is 6.04 Å². The van der Waals surface area contributed by atoms with E-state index in [0.717, 1.165) is 32.0 Å². The number of pyridine rings is 1. The normalized spacial score (nSPS) is 20.1. The average molecular weight is 206 g/mol. The first-order chi connectivity index (χ1) is 7.27. The van der Waals surface area contributed by atoms with Crippen molar-refractivity contribution in [2.24, 2.45) is 0 Å². The molecule has 15 heavy (non-hydrogen) atoms. The van der Waals surface area contributed by atoms with Crippen molar-refractivity contribution in [1.29, 1.82) is 0 Å². The molecule has 2 rings (SSSR count). The predicted octanol–water partition coefficient (Wildman–Crippen LogP) is 1.78. The second-order valence-corrected chi connectivity index (χ2v) is 4.08. The Balaban J connectivity index is 2.08. The van der Waals surface area contributed by atoms with Gasteiger partial charge in [0, 0.05) is 25.3 Å².